The summed E-state index contributed by atoms with van der Waals surface area (Å²) in [6.07, 6.45) is -6.19. The Hall–Kier alpha value is -3.57. The Bertz CT molecular complexity index is 1630. The number of hydrogen-bond acceptors (Lipinski definition) is 12. The van der Waals surface area contributed by atoms with Crippen molar-refractivity contribution in [1.82, 2.24) is 19.6 Å². The summed E-state index contributed by atoms with van der Waals surface area (Å²) < 4.78 is 68.5. The van der Waals surface area contributed by atoms with Gasteiger partial charge in [-0.15, -0.1) is 0 Å². The first kappa shape index (κ1) is 39.2. The zero-order valence-corrected chi connectivity index (χ0v) is 27.0. The summed E-state index contributed by atoms with van der Waals surface area (Å²) in [5.41, 5.74) is -4.53. The van der Waals surface area contributed by atoms with Crippen LogP contribution in [0.15, 0.2) is 36.4 Å². The van der Waals surface area contributed by atoms with Crippen molar-refractivity contribution in [3.05, 3.63) is 70.0 Å². The molecule has 2 aromatic carbocycles. The van der Waals surface area contributed by atoms with E-state index in [-0.39, 0.29) is 16.0 Å². The standard InChI is InChI=1S/C30H37F5N4O11/c1-15-9-20(32)5-6-22(15)23-13-21(39-29(47,48)27(43,44)38(16(2)40)28(45,46)30(39,49)50)7-8-37(23)24(41)36(4)25(3,42)18-10-17(14-31)11-19(12-18)26(33,34)35/h5-6,9-12,21,23,42-50H,7-8,13-14H2,1-4H3. The Labute approximate surface area is 280 Å². The van der Waals surface area contributed by atoms with Crippen molar-refractivity contribution in [2.45, 2.75) is 87.9 Å². The number of rotatable bonds is 5. The highest BCUT2D eigenvalue weighted by Crippen LogP contribution is 2.48. The molecular formula is C30H37F5N4O11. The highest BCUT2D eigenvalue weighted by molar-refractivity contribution is 5.76. The van der Waals surface area contributed by atoms with Crippen LogP contribution in [0.1, 0.15) is 60.5 Å². The van der Waals surface area contributed by atoms with E-state index in [0.717, 1.165) is 37.1 Å². The molecule has 2 fully saturated rings. The van der Waals surface area contributed by atoms with Crippen LogP contribution < -0.4 is 0 Å². The van der Waals surface area contributed by atoms with Gasteiger partial charge < -0.3 is 50.9 Å². The molecule has 2 aromatic rings. The number of piperazine rings is 1. The topological polar surface area (TPSA) is 229 Å². The molecule has 3 atom stereocenters. The third-order valence-corrected chi connectivity index (χ3v) is 9.25. The van der Waals surface area contributed by atoms with Crippen LogP contribution in [0.25, 0.3) is 0 Å². The van der Waals surface area contributed by atoms with Gasteiger partial charge in [-0.3, -0.25) is 9.69 Å². The summed E-state index contributed by atoms with van der Waals surface area (Å²) in [5, 5.41) is 97.7. The molecule has 278 valence electrons. The fourth-order valence-electron chi connectivity index (χ4n) is 6.50. The molecule has 9 N–H and O–H groups in total. The molecule has 2 aliphatic rings. The van der Waals surface area contributed by atoms with E-state index >= 15 is 0 Å². The number of hydrogen-bond donors (Lipinski definition) is 9. The number of piperidine rings is 1. The number of amides is 3. The lowest BCUT2D eigenvalue weighted by atomic mass is 9.87. The quantitative estimate of drug-likeness (QED) is 0.144. The van der Waals surface area contributed by atoms with Gasteiger partial charge in [-0.25, -0.2) is 18.5 Å². The van der Waals surface area contributed by atoms with Gasteiger partial charge in [0.1, 0.15) is 12.5 Å². The number of carbonyl (C=O) groups is 2. The molecular weight excluding hydrogens is 687 g/mol. The molecule has 0 spiro atoms. The van der Waals surface area contributed by atoms with Crippen LogP contribution in [0.4, 0.5) is 26.7 Å². The maximum atomic E-state index is 14.2. The van der Waals surface area contributed by atoms with Crippen molar-refractivity contribution < 1.29 is 77.5 Å². The molecule has 0 radical (unpaired) electrons. The first-order valence-electron chi connectivity index (χ1n) is 14.8. The Kier molecular flexibility index (Phi) is 9.87. The molecule has 15 nitrogen and oxygen atoms in total. The summed E-state index contributed by atoms with van der Waals surface area (Å²) in [7, 11) is 1.01. The van der Waals surface area contributed by atoms with Gasteiger partial charge in [0.15, 0.2) is 5.72 Å². The van der Waals surface area contributed by atoms with Crippen molar-refractivity contribution in [2.75, 3.05) is 13.6 Å². The molecule has 0 aromatic heterocycles. The number of urea groups is 1. The number of benzene rings is 2. The summed E-state index contributed by atoms with van der Waals surface area (Å²) in [6, 6.07) is 0.955. The minimum absolute atomic E-state index is 0.125. The minimum atomic E-state index is -4.95. The van der Waals surface area contributed by atoms with Crippen molar-refractivity contribution in [2.24, 2.45) is 0 Å². The van der Waals surface area contributed by atoms with Gasteiger partial charge in [-0.05, 0) is 73.7 Å². The molecule has 4 rings (SSSR count). The maximum absolute atomic E-state index is 14.2. The molecule has 0 aliphatic carbocycles. The van der Waals surface area contributed by atoms with Crippen molar-refractivity contribution in [3.63, 3.8) is 0 Å². The van der Waals surface area contributed by atoms with Crippen LogP contribution in [0, 0.1) is 12.7 Å². The fourth-order valence-corrected chi connectivity index (χ4v) is 6.50. The summed E-state index contributed by atoms with van der Waals surface area (Å²) in [6.45, 7) is 0.969. The first-order valence-corrected chi connectivity index (χ1v) is 14.8. The number of aliphatic hydroxyl groups is 9. The molecule has 2 saturated heterocycles. The number of likely N-dealkylation sites (tertiary alicyclic amines) is 1. The third-order valence-electron chi connectivity index (χ3n) is 9.25. The largest absolute Gasteiger partial charge is 0.416 e. The summed E-state index contributed by atoms with van der Waals surface area (Å²) in [5.74, 6) is -19.6. The monoisotopic (exact) mass is 724 g/mol. The van der Waals surface area contributed by atoms with Gasteiger partial charge in [-0.1, -0.05) is 6.07 Å². The van der Waals surface area contributed by atoms with E-state index in [0.29, 0.717) is 24.0 Å². The molecule has 2 aliphatic heterocycles. The smallest absolute Gasteiger partial charge is 0.367 e. The molecule has 3 amide bonds. The second-order valence-corrected chi connectivity index (χ2v) is 12.6. The van der Waals surface area contributed by atoms with E-state index in [1.807, 2.05) is 0 Å². The maximum Gasteiger partial charge on any atom is 0.416 e. The van der Waals surface area contributed by atoms with E-state index < -0.39 is 113 Å². The van der Waals surface area contributed by atoms with Gasteiger partial charge in [0.05, 0.1) is 11.6 Å². The van der Waals surface area contributed by atoms with Crippen molar-refractivity contribution >= 4 is 11.9 Å². The average Bonchev–Trinajstić information content (AvgIpc) is 2.98. The molecule has 0 bridgehead atoms. The predicted octanol–water partition coefficient (Wildman–Crippen LogP) is -0.237. The van der Waals surface area contributed by atoms with E-state index in [1.165, 1.54) is 13.0 Å². The average molecular weight is 725 g/mol. The molecule has 2 heterocycles. The van der Waals surface area contributed by atoms with Crippen LogP contribution in [0.5, 0.6) is 0 Å². The van der Waals surface area contributed by atoms with Gasteiger partial charge in [0.25, 0.3) is 0 Å². The van der Waals surface area contributed by atoms with Crippen LogP contribution in [0.3, 0.4) is 0 Å². The van der Waals surface area contributed by atoms with Crippen LogP contribution in [-0.2, 0) is 23.4 Å². The van der Waals surface area contributed by atoms with E-state index in [2.05, 4.69) is 0 Å². The normalized spacial score (nSPS) is 24.4. The molecule has 3 unspecified atom stereocenters. The lowest BCUT2D eigenvalue weighted by Gasteiger charge is -2.63. The van der Waals surface area contributed by atoms with Gasteiger partial charge in [-0.2, -0.15) is 18.1 Å². The second kappa shape index (κ2) is 12.6. The number of aryl methyl sites for hydroxylation is 1. The Balaban J connectivity index is 1.80. The van der Waals surface area contributed by atoms with Crippen molar-refractivity contribution in [3.8, 4) is 0 Å². The van der Waals surface area contributed by atoms with E-state index in [1.54, 1.807) is 0 Å². The Morgan fingerprint density at radius 3 is 1.94 bits per heavy atom. The zero-order chi connectivity index (χ0) is 38.2. The third kappa shape index (κ3) is 6.18. The minimum Gasteiger partial charge on any atom is -0.367 e. The highest BCUT2D eigenvalue weighted by atomic mass is 19.4. The molecule has 0 saturated carbocycles. The summed E-state index contributed by atoms with van der Waals surface area (Å²) >= 11 is 0. The molecule has 20 heteroatoms. The molecule has 50 heavy (non-hydrogen) atoms. The zero-order valence-electron chi connectivity index (χ0n) is 27.0. The van der Waals surface area contributed by atoms with Crippen LogP contribution in [0.2, 0.25) is 0 Å². The van der Waals surface area contributed by atoms with Gasteiger partial charge in [0, 0.05) is 32.1 Å². The number of alkyl halides is 4. The van der Waals surface area contributed by atoms with E-state index in [9.17, 15) is 77.5 Å². The van der Waals surface area contributed by atoms with Crippen molar-refractivity contribution in [1.29, 1.82) is 0 Å². The van der Waals surface area contributed by atoms with Gasteiger partial charge in [0.2, 0.25) is 5.91 Å². The van der Waals surface area contributed by atoms with E-state index in [4.69, 9.17) is 0 Å². The SMILES string of the molecule is CC(=O)N1C(O)(O)C(O)(O)N(C2CCN(C(=O)N(C)C(C)(O)c3cc(CF)cc(C(F)(F)F)c3)C(c3ccc(F)cc3C)C2)C(O)(O)C1(O)O. The van der Waals surface area contributed by atoms with Crippen LogP contribution in [-0.4, -0.2) is 121 Å². The Morgan fingerprint density at radius 2 is 1.46 bits per heavy atom. The van der Waals surface area contributed by atoms with Gasteiger partial charge >= 0.3 is 35.9 Å². The Morgan fingerprint density at radius 1 is 0.920 bits per heavy atom. The summed E-state index contributed by atoms with van der Waals surface area (Å²) in [4.78, 5) is 26.7. The highest BCUT2D eigenvalue weighted by Gasteiger charge is 2.79. The number of halogens is 5. The lowest BCUT2D eigenvalue weighted by molar-refractivity contribution is -0.604. The lowest BCUT2D eigenvalue weighted by Crippen LogP contribution is -2.92. The fraction of sp³-hybridized carbons (Fsp3) is 0.533. The number of nitrogens with zero attached hydrogens (tertiary/aromatic N) is 4. The van der Waals surface area contributed by atoms with Crippen LogP contribution >= 0.6 is 0 Å². The first-order chi connectivity index (χ1) is 22.6. The number of carbonyl (C=O) groups excluding carboxylic acids is 2. The predicted molar refractivity (Wildman–Crippen MR) is 156 cm³/mol. The second-order valence-electron chi connectivity index (χ2n) is 12.6.